The van der Waals surface area contributed by atoms with Gasteiger partial charge < -0.3 is 19.8 Å². The van der Waals surface area contributed by atoms with Crippen LogP contribution >= 0.6 is 0 Å². The van der Waals surface area contributed by atoms with Crippen molar-refractivity contribution in [1.82, 2.24) is 9.97 Å². The molecular formula is C25H34N3O3+. The minimum absolute atomic E-state index is 0.171. The molecular weight excluding hydrogens is 390 g/mol. The first kappa shape index (κ1) is 22.8. The van der Waals surface area contributed by atoms with E-state index in [0.717, 1.165) is 6.42 Å². The van der Waals surface area contributed by atoms with Crippen LogP contribution in [0.4, 0.5) is 0 Å². The number of H-pyrrole nitrogens is 1. The number of benzene rings is 2. The summed E-state index contributed by atoms with van der Waals surface area (Å²) < 4.78 is 10.7. The van der Waals surface area contributed by atoms with Gasteiger partial charge in [-0.05, 0) is 24.5 Å². The van der Waals surface area contributed by atoms with Crippen LogP contribution in [0, 0.1) is 5.92 Å². The molecule has 31 heavy (non-hydrogen) atoms. The number of aryl methyl sites for hydroxylation is 1. The monoisotopic (exact) mass is 424 g/mol. The van der Waals surface area contributed by atoms with Crippen LogP contribution in [0.1, 0.15) is 56.6 Å². The van der Waals surface area contributed by atoms with E-state index >= 15 is 0 Å². The zero-order valence-corrected chi connectivity index (χ0v) is 19.2. The number of methoxy groups -OCH3 is 2. The first-order valence-corrected chi connectivity index (χ1v) is 11.0. The zero-order valence-electron chi connectivity index (χ0n) is 19.2. The van der Waals surface area contributed by atoms with E-state index in [1.54, 1.807) is 26.4 Å². The Balaban J connectivity index is 1.81. The van der Waals surface area contributed by atoms with E-state index < -0.39 is 0 Å². The molecule has 6 nitrogen and oxygen atoms in total. The van der Waals surface area contributed by atoms with Gasteiger partial charge in [-0.2, -0.15) is 0 Å². The summed E-state index contributed by atoms with van der Waals surface area (Å²) >= 11 is 0. The lowest BCUT2D eigenvalue weighted by Gasteiger charge is -2.20. The molecule has 3 aromatic rings. The normalized spacial score (nSPS) is 12.3. The largest absolute Gasteiger partial charge is 0.493 e. The van der Waals surface area contributed by atoms with Gasteiger partial charge in [0.2, 0.25) is 0 Å². The van der Waals surface area contributed by atoms with Crippen molar-refractivity contribution in [2.45, 2.75) is 52.6 Å². The van der Waals surface area contributed by atoms with E-state index in [2.05, 4.69) is 60.3 Å². The SMILES string of the molecule is CCCCc1ccc([C@H]([NH2+]Cc2nc3cc(OC)c(OC)cc3c(=O)[nH]2)C(C)C)cc1. The fourth-order valence-electron chi connectivity index (χ4n) is 3.93. The minimum atomic E-state index is -0.171. The molecule has 6 heteroatoms. The number of ether oxygens (including phenoxy) is 2. The number of nitrogens with two attached hydrogens (primary N) is 1. The molecule has 1 heterocycles. The van der Waals surface area contributed by atoms with Crippen molar-refractivity contribution in [3.05, 3.63) is 63.7 Å². The molecule has 1 aromatic heterocycles. The van der Waals surface area contributed by atoms with Crippen molar-refractivity contribution in [3.8, 4) is 11.5 Å². The maximum Gasteiger partial charge on any atom is 0.259 e. The minimum Gasteiger partial charge on any atom is -0.493 e. The highest BCUT2D eigenvalue weighted by Gasteiger charge is 2.20. The Bertz CT molecular complexity index is 1060. The second-order valence-corrected chi connectivity index (χ2v) is 8.29. The van der Waals surface area contributed by atoms with E-state index in [1.165, 1.54) is 24.0 Å². The summed E-state index contributed by atoms with van der Waals surface area (Å²) in [5, 5.41) is 2.74. The lowest BCUT2D eigenvalue weighted by molar-refractivity contribution is -0.718. The van der Waals surface area contributed by atoms with Gasteiger partial charge in [0.05, 0.1) is 25.1 Å². The van der Waals surface area contributed by atoms with Gasteiger partial charge in [0.15, 0.2) is 17.3 Å². The number of nitrogens with one attached hydrogen (secondary N) is 1. The number of hydrogen-bond donors (Lipinski definition) is 2. The fourth-order valence-corrected chi connectivity index (χ4v) is 3.93. The first-order chi connectivity index (χ1) is 15.0. The van der Waals surface area contributed by atoms with Crippen LogP contribution in [-0.4, -0.2) is 24.2 Å². The Morgan fingerprint density at radius 2 is 1.74 bits per heavy atom. The molecule has 0 spiro atoms. The molecule has 0 fully saturated rings. The van der Waals surface area contributed by atoms with Crippen LogP contribution < -0.4 is 20.3 Å². The van der Waals surface area contributed by atoms with E-state index in [4.69, 9.17) is 9.47 Å². The van der Waals surface area contributed by atoms with Crippen LogP contribution in [-0.2, 0) is 13.0 Å². The summed E-state index contributed by atoms with van der Waals surface area (Å²) in [6.45, 7) is 7.25. The van der Waals surface area contributed by atoms with Crippen LogP contribution in [0.2, 0.25) is 0 Å². The second-order valence-electron chi connectivity index (χ2n) is 8.29. The van der Waals surface area contributed by atoms with E-state index in [-0.39, 0.29) is 11.6 Å². The molecule has 0 bridgehead atoms. The Kier molecular flexibility index (Phi) is 7.69. The van der Waals surface area contributed by atoms with Crippen LogP contribution in [0.3, 0.4) is 0 Å². The topological polar surface area (TPSA) is 80.8 Å². The van der Waals surface area contributed by atoms with Crippen molar-refractivity contribution < 1.29 is 14.8 Å². The third kappa shape index (κ3) is 5.44. The molecule has 0 amide bonds. The third-order valence-corrected chi connectivity index (χ3v) is 5.73. The van der Waals surface area contributed by atoms with E-state index in [1.807, 2.05) is 0 Å². The summed E-state index contributed by atoms with van der Waals surface area (Å²) in [7, 11) is 3.13. The molecule has 0 unspecified atom stereocenters. The van der Waals surface area contributed by atoms with Gasteiger partial charge in [0.25, 0.3) is 5.56 Å². The highest BCUT2D eigenvalue weighted by atomic mass is 16.5. The number of aromatic nitrogens is 2. The van der Waals surface area contributed by atoms with Crippen molar-refractivity contribution in [1.29, 1.82) is 0 Å². The van der Waals surface area contributed by atoms with Crippen molar-refractivity contribution in [2.24, 2.45) is 5.92 Å². The van der Waals surface area contributed by atoms with Gasteiger partial charge in [-0.3, -0.25) is 4.79 Å². The number of unbranched alkanes of at least 4 members (excludes halogenated alkanes) is 1. The van der Waals surface area contributed by atoms with Crippen LogP contribution in [0.15, 0.2) is 41.2 Å². The van der Waals surface area contributed by atoms with Gasteiger partial charge in [-0.15, -0.1) is 0 Å². The number of nitrogens with zero attached hydrogens (tertiary/aromatic N) is 1. The highest BCUT2D eigenvalue weighted by Crippen LogP contribution is 2.29. The van der Waals surface area contributed by atoms with Gasteiger partial charge in [0.1, 0.15) is 12.6 Å². The van der Waals surface area contributed by atoms with E-state index in [9.17, 15) is 4.79 Å². The molecule has 0 aliphatic carbocycles. The smallest absolute Gasteiger partial charge is 0.259 e. The summed E-state index contributed by atoms with van der Waals surface area (Å²) in [4.78, 5) is 20.2. The number of fused-ring (bicyclic) bond motifs is 1. The van der Waals surface area contributed by atoms with Crippen LogP contribution in [0.25, 0.3) is 10.9 Å². The standard InChI is InChI=1S/C25H33N3O3/c1-6-7-8-17-9-11-18(12-10-17)24(16(2)3)26-15-23-27-20-14-22(31-5)21(30-4)13-19(20)25(29)28-23/h9-14,16,24,26H,6-8,15H2,1-5H3,(H,27,28,29)/p+1/t24-/m1/s1. The average molecular weight is 425 g/mol. The van der Waals surface area contributed by atoms with E-state index in [0.29, 0.717) is 40.7 Å². The summed E-state index contributed by atoms with van der Waals surface area (Å²) in [6, 6.07) is 12.7. The molecule has 0 radical (unpaired) electrons. The average Bonchev–Trinajstić information content (AvgIpc) is 2.77. The fraction of sp³-hybridized carbons (Fsp3) is 0.440. The van der Waals surface area contributed by atoms with Crippen LogP contribution in [0.5, 0.6) is 11.5 Å². The Morgan fingerprint density at radius 1 is 1.06 bits per heavy atom. The van der Waals surface area contributed by atoms with Gasteiger partial charge >= 0.3 is 0 Å². The van der Waals surface area contributed by atoms with Crippen molar-refractivity contribution >= 4 is 10.9 Å². The number of rotatable bonds is 10. The lowest BCUT2D eigenvalue weighted by Crippen LogP contribution is -2.85. The predicted molar refractivity (Wildman–Crippen MR) is 124 cm³/mol. The maximum atomic E-state index is 12.6. The Labute approximate surface area is 184 Å². The summed E-state index contributed by atoms with van der Waals surface area (Å²) in [5.74, 6) is 2.17. The summed E-state index contributed by atoms with van der Waals surface area (Å²) in [5.41, 5.74) is 3.12. The van der Waals surface area contributed by atoms with Gasteiger partial charge in [-0.25, -0.2) is 4.98 Å². The zero-order chi connectivity index (χ0) is 22.4. The molecule has 0 aliphatic rings. The first-order valence-electron chi connectivity index (χ1n) is 11.0. The second kappa shape index (κ2) is 10.4. The third-order valence-electron chi connectivity index (χ3n) is 5.73. The van der Waals surface area contributed by atoms with Crippen molar-refractivity contribution in [2.75, 3.05) is 14.2 Å². The molecule has 1 atom stereocenters. The van der Waals surface area contributed by atoms with Crippen molar-refractivity contribution in [3.63, 3.8) is 0 Å². The number of hydrogen-bond acceptors (Lipinski definition) is 4. The predicted octanol–water partition coefficient (Wildman–Crippen LogP) is 3.74. The maximum absolute atomic E-state index is 12.6. The Hall–Kier alpha value is -2.86. The molecule has 0 saturated carbocycles. The lowest BCUT2D eigenvalue weighted by atomic mass is 9.94. The molecule has 2 aromatic carbocycles. The number of aromatic amines is 1. The highest BCUT2D eigenvalue weighted by molar-refractivity contribution is 5.81. The molecule has 0 aliphatic heterocycles. The Morgan fingerprint density at radius 3 is 2.35 bits per heavy atom. The number of quaternary nitrogens is 1. The summed E-state index contributed by atoms with van der Waals surface area (Å²) in [6.07, 6.45) is 3.56. The van der Waals surface area contributed by atoms with Gasteiger partial charge in [-0.1, -0.05) is 51.5 Å². The molecule has 166 valence electrons. The quantitative estimate of drug-likeness (QED) is 0.519. The molecule has 0 saturated heterocycles. The molecule has 3 N–H and O–H groups in total. The van der Waals surface area contributed by atoms with Gasteiger partial charge in [0, 0.05) is 17.5 Å². The molecule has 3 rings (SSSR count).